The van der Waals surface area contributed by atoms with Gasteiger partial charge in [-0.15, -0.1) is 0 Å². The number of hydrogen-bond donors (Lipinski definition) is 0. The Hall–Kier alpha value is -2.48. The van der Waals surface area contributed by atoms with Gasteiger partial charge in [-0.1, -0.05) is 48.0 Å². The van der Waals surface area contributed by atoms with E-state index in [1.165, 1.54) is 0 Å². The van der Waals surface area contributed by atoms with Crippen LogP contribution in [0.25, 0.3) is 22.2 Å². The second kappa shape index (κ2) is 8.46. The maximum Gasteiger partial charge on any atom is 0.254 e. The normalized spacial score (nSPS) is 21.2. The van der Waals surface area contributed by atoms with Crippen LogP contribution in [0.1, 0.15) is 16.8 Å². The molecule has 0 N–H and O–H groups in total. The van der Waals surface area contributed by atoms with Crippen LogP contribution in [0.3, 0.4) is 0 Å². The van der Waals surface area contributed by atoms with Gasteiger partial charge in [0, 0.05) is 48.2 Å². The summed E-state index contributed by atoms with van der Waals surface area (Å²) < 4.78 is 23.7. The average Bonchev–Trinajstić information content (AvgIpc) is 3.18. The van der Waals surface area contributed by atoms with Gasteiger partial charge in [-0.3, -0.25) is 9.69 Å². The van der Waals surface area contributed by atoms with Crippen molar-refractivity contribution in [3.8, 4) is 11.3 Å². The van der Waals surface area contributed by atoms with E-state index in [2.05, 4.69) is 4.90 Å². The van der Waals surface area contributed by atoms with E-state index in [0.717, 1.165) is 16.5 Å². The predicted molar refractivity (Wildman–Crippen MR) is 127 cm³/mol. The Bertz CT molecular complexity index is 1290. The molecule has 3 heterocycles. The lowest BCUT2D eigenvalue weighted by molar-refractivity contribution is 0.0589. The molecule has 0 spiro atoms. The van der Waals surface area contributed by atoms with Crippen LogP contribution >= 0.6 is 11.6 Å². The minimum Gasteiger partial charge on any atom is -0.336 e. The molecule has 1 amide bonds. The Balaban J connectivity index is 1.42. The number of halogens is 1. The van der Waals surface area contributed by atoms with Crippen LogP contribution in [0.5, 0.6) is 0 Å². The molecule has 2 saturated heterocycles. The Morgan fingerprint density at radius 2 is 1.72 bits per heavy atom. The van der Waals surface area contributed by atoms with E-state index in [9.17, 15) is 13.2 Å². The highest BCUT2D eigenvalue weighted by atomic mass is 35.5. The zero-order chi connectivity index (χ0) is 22.3. The first kappa shape index (κ1) is 21.4. The van der Waals surface area contributed by atoms with Crippen molar-refractivity contribution < 1.29 is 13.2 Å². The molecule has 1 unspecified atom stereocenters. The number of pyridine rings is 1. The summed E-state index contributed by atoms with van der Waals surface area (Å²) in [6.45, 7) is 2.53. The van der Waals surface area contributed by atoms with Gasteiger partial charge in [0.2, 0.25) is 0 Å². The highest BCUT2D eigenvalue weighted by molar-refractivity contribution is 7.91. The summed E-state index contributed by atoms with van der Waals surface area (Å²) in [6, 6.07) is 17.1. The first-order chi connectivity index (χ1) is 15.4. The molecule has 2 aliphatic heterocycles. The van der Waals surface area contributed by atoms with E-state index < -0.39 is 9.84 Å². The summed E-state index contributed by atoms with van der Waals surface area (Å²) in [6.07, 6.45) is 0.687. The summed E-state index contributed by atoms with van der Waals surface area (Å²) in [5, 5.41) is 1.41. The lowest BCUT2D eigenvalue weighted by Gasteiger charge is -2.37. The summed E-state index contributed by atoms with van der Waals surface area (Å²) in [4.78, 5) is 22.4. The molecule has 32 heavy (non-hydrogen) atoms. The standard InChI is InChI=1S/C24H24ClN3O3S/c25-21-7-3-1-6-19(21)23-15-20(18-5-2-4-8-22(18)26-23)24(29)28-12-10-27(11-13-28)17-9-14-32(30,31)16-17/h1-8,15,17H,9-14,16H2. The SMILES string of the molecule is O=C(c1cc(-c2ccccc2Cl)nc2ccccc12)N1CCN(C2CCS(=O)(=O)C2)CC1. The number of carbonyl (C=O) groups excluding carboxylic acids is 1. The third-order valence-corrected chi connectivity index (χ3v) is 8.50. The first-order valence-electron chi connectivity index (χ1n) is 10.8. The van der Waals surface area contributed by atoms with Crippen LogP contribution in [0.2, 0.25) is 5.02 Å². The van der Waals surface area contributed by atoms with Crippen molar-refractivity contribution in [3.05, 3.63) is 65.2 Å². The smallest absolute Gasteiger partial charge is 0.254 e. The summed E-state index contributed by atoms with van der Waals surface area (Å²) in [5.74, 6) is 0.470. The van der Waals surface area contributed by atoms with Gasteiger partial charge in [0.1, 0.15) is 0 Å². The molecule has 2 aromatic carbocycles. The van der Waals surface area contributed by atoms with Gasteiger partial charge in [0.05, 0.1) is 28.3 Å². The summed E-state index contributed by atoms with van der Waals surface area (Å²) in [5.41, 5.74) is 2.83. The van der Waals surface area contributed by atoms with Crippen LogP contribution in [-0.2, 0) is 9.84 Å². The number of para-hydroxylation sites is 1. The largest absolute Gasteiger partial charge is 0.336 e. The minimum absolute atomic E-state index is 0.0319. The number of fused-ring (bicyclic) bond motifs is 1. The highest BCUT2D eigenvalue weighted by Gasteiger charge is 2.34. The van der Waals surface area contributed by atoms with Crippen LogP contribution in [0.15, 0.2) is 54.6 Å². The topological polar surface area (TPSA) is 70.6 Å². The summed E-state index contributed by atoms with van der Waals surface area (Å²) >= 11 is 6.41. The quantitative estimate of drug-likeness (QED) is 0.587. The molecular formula is C24H24ClN3O3S. The number of carbonyl (C=O) groups is 1. The lowest BCUT2D eigenvalue weighted by atomic mass is 10.0. The Morgan fingerprint density at radius 1 is 1.00 bits per heavy atom. The second-order valence-corrected chi connectivity index (χ2v) is 11.1. The van der Waals surface area contributed by atoms with Crippen molar-refractivity contribution >= 4 is 38.2 Å². The number of rotatable bonds is 3. The average molecular weight is 470 g/mol. The first-order valence-corrected chi connectivity index (χ1v) is 13.0. The van der Waals surface area contributed by atoms with Gasteiger partial charge in [-0.2, -0.15) is 0 Å². The van der Waals surface area contributed by atoms with Crippen LogP contribution in [0.4, 0.5) is 0 Å². The van der Waals surface area contributed by atoms with Gasteiger partial charge >= 0.3 is 0 Å². The van der Waals surface area contributed by atoms with E-state index in [1.54, 1.807) is 0 Å². The molecule has 0 aliphatic carbocycles. The summed E-state index contributed by atoms with van der Waals surface area (Å²) in [7, 11) is -2.92. The third kappa shape index (κ3) is 4.12. The van der Waals surface area contributed by atoms with Crippen LogP contribution in [-0.4, -0.2) is 72.8 Å². The van der Waals surface area contributed by atoms with Crippen molar-refractivity contribution in [2.24, 2.45) is 0 Å². The van der Waals surface area contributed by atoms with Gasteiger partial charge in [-0.25, -0.2) is 13.4 Å². The molecule has 2 fully saturated rings. The molecular weight excluding hydrogens is 446 g/mol. The fraction of sp³-hybridized carbons (Fsp3) is 0.333. The highest BCUT2D eigenvalue weighted by Crippen LogP contribution is 2.30. The van der Waals surface area contributed by atoms with E-state index in [1.807, 2.05) is 59.5 Å². The number of sulfone groups is 1. The number of benzene rings is 2. The van der Waals surface area contributed by atoms with Crippen molar-refractivity contribution in [1.29, 1.82) is 0 Å². The Kier molecular flexibility index (Phi) is 5.65. The maximum absolute atomic E-state index is 13.6. The molecule has 1 atom stereocenters. The van der Waals surface area contributed by atoms with Gasteiger partial charge in [-0.05, 0) is 24.6 Å². The van der Waals surface area contributed by atoms with Crippen molar-refractivity contribution in [2.75, 3.05) is 37.7 Å². The Morgan fingerprint density at radius 3 is 2.44 bits per heavy atom. The maximum atomic E-state index is 13.6. The molecule has 3 aromatic rings. The molecule has 0 bridgehead atoms. The van der Waals surface area contributed by atoms with Gasteiger partial charge in [0.25, 0.3) is 5.91 Å². The molecule has 6 nitrogen and oxygen atoms in total. The zero-order valence-electron chi connectivity index (χ0n) is 17.6. The van der Waals surface area contributed by atoms with E-state index >= 15 is 0 Å². The number of hydrogen-bond acceptors (Lipinski definition) is 5. The van der Waals surface area contributed by atoms with Crippen molar-refractivity contribution in [3.63, 3.8) is 0 Å². The van der Waals surface area contributed by atoms with E-state index in [0.29, 0.717) is 48.9 Å². The van der Waals surface area contributed by atoms with Crippen LogP contribution in [0, 0.1) is 0 Å². The molecule has 0 saturated carbocycles. The molecule has 166 valence electrons. The van der Waals surface area contributed by atoms with E-state index in [-0.39, 0.29) is 23.5 Å². The second-order valence-electron chi connectivity index (χ2n) is 8.44. The number of aromatic nitrogens is 1. The number of piperazine rings is 1. The number of nitrogens with zero attached hydrogens (tertiary/aromatic N) is 3. The molecule has 1 aromatic heterocycles. The fourth-order valence-corrected chi connectivity index (χ4v) is 6.68. The monoisotopic (exact) mass is 469 g/mol. The zero-order valence-corrected chi connectivity index (χ0v) is 19.1. The van der Waals surface area contributed by atoms with Crippen molar-refractivity contribution in [2.45, 2.75) is 12.5 Å². The molecule has 2 aliphatic rings. The fourth-order valence-electron chi connectivity index (χ4n) is 4.68. The molecule has 5 rings (SSSR count). The third-order valence-electron chi connectivity index (χ3n) is 6.42. The Labute approximate surface area is 192 Å². The predicted octanol–water partition coefficient (Wildman–Crippen LogP) is 3.50. The molecule has 0 radical (unpaired) electrons. The lowest BCUT2D eigenvalue weighted by Crippen LogP contribution is -2.52. The van der Waals surface area contributed by atoms with E-state index in [4.69, 9.17) is 16.6 Å². The van der Waals surface area contributed by atoms with Crippen LogP contribution < -0.4 is 0 Å². The number of amides is 1. The minimum atomic E-state index is -2.92. The van der Waals surface area contributed by atoms with Gasteiger partial charge in [0.15, 0.2) is 9.84 Å². The van der Waals surface area contributed by atoms with Gasteiger partial charge < -0.3 is 4.90 Å². The molecule has 8 heteroatoms. The van der Waals surface area contributed by atoms with Crippen molar-refractivity contribution in [1.82, 2.24) is 14.8 Å².